The van der Waals surface area contributed by atoms with Gasteiger partial charge in [-0.05, 0) is 37.5 Å². The second-order valence-corrected chi connectivity index (χ2v) is 5.91. The Hall–Kier alpha value is -1.11. The van der Waals surface area contributed by atoms with Gasteiger partial charge in [0.25, 0.3) is 0 Å². The lowest BCUT2D eigenvalue weighted by Gasteiger charge is -2.15. The highest BCUT2D eigenvalue weighted by Crippen LogP contribution is 2.38. The van der Waals surface area contributed by atoms with E-state index in [2.05, 4.69) is 9.36 Å². The Morgan fingerprint density at radius 1 is 1.44 bits per heavy atom. The fourth-order valence-electron chi connectivity index (χ4n) is 1.65. The third-order valence-corrected chi connectivity index (χ3v) is 4.33. The quantitative estimate of drug-likeness (QED) is 0.933. The molecule has 1 unspecified atom stereocenters. The topological polar surface area (TPSA) is 61.0 Å². The summed E-state index contributed by atoms with van der Waals surface area (Å²) in [5.74, 6) is 1.61. The summed E-state index contributed by atoms with van der Waals surface area (Å²) in [7, 11) is 1.66. The molecule has 1 aromatic carbocycles. The number of hydrogen-bond donors (Lipinski definition) is 1. The molecule has 0 saturated carbocycles. The van der Waals surface area contributed by atoms with Crippen molar-refractivity contribution in [2.24, 2.45) is 5.73 Å². The van der Waals surface area contributed by atoms with Crippen LogP contribution in [0.25, 0.3) is 0 Å². The Bertz CT molecular complexity index is 540. The molecule has 1 heterocycles. The average molecular weight is 281 g/mol. The fraction of sp³-hybridized carbons (Fsp3) is 0.333. The number of aryl methyl sites for hydroxylation is 1. The van der Waals surface area contributed by atoms with Crippen LogP contribution in [0.3, 0.4) is 0 Å². The zero-order valence-electron chi connectivity index (χ0n) is 10.5. The molecule has 0 spiro atoms. The SMILES string of the molecule is COc1cccc(Sc2nc(C)ns2)c1C(C)N. The Kier molecular flexibility index (Phi) is 4.21. The van der Waals surface area contributed by atoms with Gasteiger partial charge in [-0.1, -0.05) is 17.8 Å². The van der Waals surface area contributed by atoms with Gasteiger partial charge in [-0.3, -0.25) is 0 Å². The normalized spacial score (nSPS) is 12.4. The van der Waals surface area contributed by atoms with E-state index in [0.717, 1.165) is 26.4 Å². The van der Waals surface area contributed by atoms with Crippen LogP contribution in [0.4, 0.5) is 0 Å². The molecule has 1 aromatic heterocycles. The van der Waals surface area contributed by atoms with Gasteiger partial charge in [0.1, 0.15) is 11.6 Å². The van der Waals surface area contributed by atoms with E-state index < -0.39 is 0 Å². The fourth-order valence-corrected chi connectivity index (χ4v) is 3.52. The molecule has 96 valence electrons. The van der Waals surface area contributed by atoms with Crippen LogP contribution in [-0.4, -0.2) is 16.5 Å². The summed E-state index contributed by atoms with van der Waals surface area (Å²) in [6, 6.07) is 5.83. The van der Waals surface area contributed by atoms with E-state index in [9.17, 15) is 0 Å². The zero-order valence-corrected chi connectivity index (χ0v) is 12.1. The lowest BCUT2D eigenvalue weighted by molar-refractivity contribution is 0.405. The largest absolute Gasteiger partial charge is 0.496 e. The lowest BCUT2D eigenvalue weighted by atomic mass is 10.1. The van der Waals surface area contributed by atoms with E-state index in [1.54, 1.807) is 18.9 Å². The standard InChI is InChI=1S/C12H15N3OS2/c1-7(13)11-9(16-3)5-4-6-10(11)17-12-14-8(2)15-18-12/h4-7H,13H2,1-3H3. The van der Waals surface area contributed by atoms with Crippen LogP contribution in [0.15, 0.2) is 27.4 Å². The minimum atomic E-state index is -0.0855. The van der Waals surface area contributed by atoms with Gasteiger partial charge in [0.2, 0.25) is 0 Å². The number of methoxy groups -OCH3 is 1. The summed E-state index contributed by atoms with van der Waals surface area (Å²) < 4.78 is 10.5. The van der Waals surface area contributed by atoms with Crippen LogP contribution in [0.1, 0.15) is 24.4 Å². The molecule has 18 heavy (non-hydrogen) atoms. The van der Waals surface area contributed by atoms with E-state index in [1.807, 2.05) is 32.0 Å². The average Bonchev–Trinajstić information content (AvgIpc) is 2.74. The molecule has 0 bridgehead atoms. The molecule has 0 aliphatic rings. The first-order valence-corrected chi connectivity index (χ1v) is 7.11. The van der Waals surface area contributed by atoms with Crippen molar-refractivity contribution < 1.29 is 4.74 Å². The molecule has 0 amide bonds. The van der Waals surface area contributed by atoms with Gasteiger partial charge in [-0.2, -0.15) is 4.37 Å². The molecule has 0 aliphatic carbocycles. The molecule has 6 heteroatoms. The number of ether oxygens (including phenoxy) is 1. The summed E-state index contributed by atoms with van der Waals surface area (Å²) in [6.45, 7) is 3.84. The van der Waals surface area contributed by atoms with Crippen LogP contribution < -0.4 is 10.5 Å². The van der Waals surface area contributed by atoms with Gasteiger partial charge < -0.3 is 10.5 Å². The van der Waals surface area contributed by atoms with Crippen molar-refractivity contribution >= 4 is 23.3 Å². The number of nitrogens with zero attached hydrogens (tertiary/aromatic N) is 2. The Morgan fingerprint density at radius 3 is 2.78 bits per heavy atom. The molecular weight excluding hydrogens is 266 g/mol. The van der Waals surface area contributed by atoms with Crippen molar-refractivity contribution in [2.75, 3.05) is 7.11 Å². The predicted molar refractivity (Wildman–Crippen MR) is 74.4 cm³/mol. The van der Waals surface area contributed by atoms with Crippen LogP contribution in [0.5, 0.6) is 5.75 Å². The van der Waals surface area contributed by atoms with E-state index in [4.69, 9.17) is 10.5 Å². The molecule has 0 fully saturated rings. The van der Waals surface area contributed by atoms with E-state index >= 15 is 0 Å². The van der Waals surface area contributed by atoms with Crippen LogP contribution in [0.2, 0.25) is 0 Å². The zero-order chi connectivity index (χ0) is 13.1. The van der Waals surface area contributed by atoms with E-state index in [0.29, 0.717) is 0 Å². The van der Waals surface area contributed by atoms with E-state index in [-0.39, 0.29) is 6.04 Å². The summed E-state index contributed by atoms with van der Waals surface area (Å²) in [4.78, 5) is 5.42. The Labute approximate surface area is 115 Å². The Morgan fingerprint density at radius 2 is 2.22 bits per heavy atom. The minimum Gasteiger partial charge on any atom is -0.496 e. The molecule has 1 atom stereocenters. The highest BCUT2D eigenvalue weighted by atomic mass is 32.2. The maximum Gasteiger partial charge on any atom is 0.174 e. The first-order chi connectivity index (χ1) is 8.61. The molecule has 0 aliphatic heterocycles. The molecule has 2 rings (SSSR count). The lowest BCUT2D eigenvalue weighted by Crippen LogP contribution is -2.08. The second kappa shape index (κ2) is 5.69. The summed E-state index contributed by atoms with van der Waals surface area (Å²) in [5.41, 5.74) is 7.04. The first kappa shape index (κ1) is 13.3. The Balaban J connectivity index is 2.37. The van der Waals surface area contributed by atoms with Crippen molar-refractivity contribution in [3.8, 4) is 5.75 Å². The summed E-state index contributed by atoms with van der Waals surface area (Å²) in [6.07, 6.45) is 0. The summed E-state index contributed by atoms with van der Waals surface area (Å²) >= 11 is 2.98. The van der Waals surface area contributed by atoms with Crippen LogP contribution >= 0.6 is 23.3 Å². The number of hydrogen-bond acceptors (Lipinski definition) is 6. The maximum absolute atomic E-state index is 6.02. The maximum atomic E-state index is 6.02. The number of benzene rings is 1. The van der Waals surface area contributed by atoms with Gasteiger partial charge in [0.15, 0.2) is 4.34 Å². The molecule has 0 saturated heterocycles. The molecule has 4 nitrogen and oxygen atoms in total. The van der Waals surface area contributed by atoms with E-state index in [1.165, 1.54) is 11.5 Å². The molecule has 0 radical (unpaired) electrons. The van der Waals surface area contributed by atoms with Crippen molar-refractivity contribution in [3.05, 3.63) is 29.6 Å². The van der Waals surface area contributed by atoms with Crippen molar-refractivity contribution in [2.45, 2.75) is 29.1 Å². The van der Waals surface area contributed by atoms with Crippen molar-refractivity contribution in [3.63, 3.8) is 0 Å². The molecule has 2 aromatic rings. The van der Waals surface area contributed by atoms with Crippen molar-refractivity contribution in [1.82, 2.24) is 9.36 Å². The van der Waals surface area contributed by atoms with Crippen molar-refractivity contribution in [1.29, 1.82) is 0 Å². The third kappa shape index (κ3) is 2.82. The van der Waals surface area contributed by atoms with Crippen LogP contribution in [0, 0.1) is 6.92 Å². The van der Waals surface area contributed by atoms with Crippen LogP contribution in [-0.2, 0) is 0 Å². The smallest absolute Gasteiger partial charge is 0.174 e. The second-order valence-electron chi connectivity index (χ2n) is 3.87. The van der Waals surface area contributed by atoms with Gasteiger partial charge >= 0.3 is 0 Å². The van der Waals surface area contributed by atoms with Gasteiger partial charge in [0, 0.05) is 16.5 Å². The third-order valence-electron chi connectivity index (χ3n) is 2.41. The number of nitrogens with two attached hydrogens (primary N) is 1. The number of aromatic nitrogens is 2. The first-order valence-electron chi connectivity index (χ1n) is 5.52. The highest BCUT2D eigenvalue weighted by molar-refractivity contribution is 8.01. The summed E-state index contributed by atoms with van der Waals surface area (Å²) in [5, 5.41) is 0. The molecular formula is C12H15N3OS2. The minimum absolute atomic E-state index is 0.0855. The monoisotopic (exact) mass is 281 g/mol. The van der Waals surface area contributed by atoms with Gasteiger partial charge in [0.05, 0.1) is 7.11 Å². The van der Waals surface area contributed by atoms with Gasteiger partial charge in [-0.25, -0.2) is 4.98 Å². The molecule has 2 N–H and O–H groups in total. The highest BCUT2D eigenvalue weighted by Gasteiger charge is 2.15. The predicted octanol–water partition coefficient (Wildman–Crippen LogP) is 3.03. The van der Waals surface area contributed by atoms with Gasteiger partial charge in [-0.15, -0.1) is 0 Å². The number of rotatable bonds is 4.